The highest BCUT2D eigenvalue weighted by Gasteiger charge is 2.14. The predicted octanol–water partition coefficient (Wildman–Crippen LogP) is 2.05. The summed E-state index contributed by atoms with van der Waals surface area (Å²) < 4.78 is 5.11. The Balaban J connectivity index is 2.15. The molecule has 110 valence electrons. The van der Waals surface area contributed by atoms with Crippen LogP contribution in [0.2, 0.25) is 0 Å². The van der Waals surface area contributed by atoms with E-state index < -0.39 is 0 Å². The van der Waals surface area contributed by atoms with Crippen molar-refractivity contribution in [2.24, 2.45) is 0 Å². The number of pyridine rings is 1. The van der Waals surface area contributed by atoms with Crippen molar-refractivity contribution in [3.63, 3.8) is 0 Å². The van der Waals surface area contributed by atoms with Gasteiger partial charge in [-0.25, -0.2) is 0 Å². The van der Waals surface area contributed by atoms with E-state index in [1.807, 2.05) is 31.2 Å². The lowest BCUT2D eigenvalue weighted by Crippen LogP contribution is -2.31. The Morgan fingerprint density at radius 3 is 2.52 bits per heavy atom. The van der Waals surface area contributed by atoms with E-state index in [4.69, 9.17) is 4.74 Å². The number of H-pyrrole nitrogens is 1. The Morgan fingerprint density at radius 2 is 1.95 bits per heavy atom. The van der Waals surface area contributed by atoms with E-state index in [-0.39, 0.29) is 11.5 Å². The molecule has 0 fully saturated rings. The first kappa shape index (κ1) is 14.8. The van der Waals surface area contributed by atoms with Crippen LogP contribution in [0.3, 0.4) is 0 Å². The number of carbonyl (C=O) groups is 1. The molecule has 1 amide bonds. The van der Waals surface area contributed by atoms with Crippen molar-refractivity contribution in [3.8, 4) is 5.75 Å². The summed E-state index contributed by atoms with van der Waals surface area (Å²) in [6.45, 7) is 2.97. The zero-order chi connectivity index (χ0) is 15.2. The van der Waals surface area contributed by atoms with Crippen LogP contribution in [0.1, 0.15) is 22.8 Å². The summed E-state index contributed by atoms with van der Waals surface area (Å²) in [7, 11) is 1.61. The Hall–Kier alpha value is -2.56. The van der Waals surface area contributed by atoms with Gasteiger partial charge in [0.25, 0.3) is 5.91 Å². The minimum Gasteiger partial charge on any atom is -0.497 e. The number of aromatic nitrogens is 1. The fourth-order valence-electron chi connectivity index (χ4n) is 2.04. The molecule has 0 atom stereocenters. The number of nitrogens with one attached hydrogen (secondary N) is 1. The maximum atomic E-state index is 12.4. The Labute approximate surface area is 123 Å². The van der Waals surface area contributed by atoms with E-state index in [0.717, 1.165) is 11.3 Å². The first-order valence-corrected chi connectivity index (χ1v) is 6.75. The molecule has 0 saturated heterocycles. The van der Waals surface area contributed by atoms with E-state index >= 15 is 0 Å². The Morgan fingerprint density at radius 1 is 1.24 bits per heavy atom. The van der Waals surface area contributed by atoms with Gasteiger partial charge in [-0.05, 0) is 30.7 Å². The van der Waals surface area contributed by atoms with Crippen LogP contribution < -0.4 is 10.3 Å². The largest absolute Gasteiger partial charge is 0.497 e. The molecule has 5 nitrogen and oxygen atoms in total. The topological polar surface area (TPSA) is 62.4 Å². The van der Waals surface area contributed by atoms with Gasteiger partial charge < -0.3 is 14.6 Å². The molecule has 0 aliphatic carbocycles. The van der Waals surface area contributed by atoms with Crippen molar-refractivity contribution in [3.05, 3.63) is 64.1 Å². The highest BCUT2D eigenvalue weighted by molar-refractivity contribution is 5.94. The lowest BCUT2D eigenvalue weighted by Gasteiger charge is -2.21. The van der Waals surface area contributed by atoms with Gasteiger partial charge in [-0.1, -0.05) is 12.1 Å². The van der Waals surface area contributed by atoms with Crippen LogP contribution in [0.15, 0.2) is 47.4 Å². The van der Waals surface area contributed by atoms with Crippen LogP contribution in [-0.2, 0) is 6.54 Å². The lowest BCUT2D eigenvalue weighted by molar-refractivity contribution is 0.0752. The SMILES string of the molecule is CCN(Cc1ccc(OC)cc1)C(=O)c1cc[nH]c(=O)c1. The van der Waals surface area contributed by atoms with Crippen molar-refractivity contribution >= 4 is 5.91 Å². The highest BCUT2D eigenvalue weighted by atomic mass is 16.5. The number of carbonyl (C=O) groups excluding carboxylic acids is 1. The third-order valence-electron chi connectivity index (χ3n) is 3.22. The predicted molar refractivity (Wildman–Crippen MR) is 80.5 cm³/mol. The number of aromatic amines is 1. The van der Waals surface area contributed by atoms with E-state index in [1.165, 1.54) is 12.3 Å². The summed E-state index contributed by atoms with van der Waals surface area (Å²) in [5.41, 5.74) is 1.13. The lowest BCUT2D eigenvalue weighted by atomic mass is 10.1. The van der Waals surface area contributed by atoms with Crippen molar-refractivity contribution in [2.45, 2.75) is 13.5 Å². The van der Waals surface area contributed by atoms with Crippen LogP contribution in [0.4, 0.5) is 0 Å². The molecule has 0 saturated carbocycles. The van der Waals surface area contributed by atoms with Gasteiger partial charge in [0.05, 0.1) is 7.11 Å². The summed E-state index contributed by atoms with van der Waals surface area (Å²) in [5.74, 6) is 0.627. The number of hydrogen-bond donors (Lipinski definition) is 1. The molecule has 1 aromatic carbocycles. The maximum absolute atomic E-state index is 12.4. The van der Waals surface area contributed by atoms with Crippen LogP contribution >= 0.6 is 0 Å². The van der Waals surface area contributed by atoms with Gasteiger partial charge in [0.2, 0.25) is 5.56 Å². The third kappa shape index (κ3) is 3.72. The highest BCUT2D eigenvalue weighted by Crippen LogP contribution is 2.14. The molecule has 21 heavy (non-hydrogen) atoms. The zero-order valence-electron chi connectivity index (χ0n) is 12.1. The average Bonchev–Trinajstić information content (AvgIpc) is 2.52. The second-order valence-corrected chi connectivity index (χ2v) is 4.61. The van der Waals surface area contributed by atoms with Crippen molar-refractivity contribution < 1.29 is 9.53 Å². The van der Waals surface area contributed by atoms with E-state index in [2.05, 4.69) is 4.98 Å². The van der Waals surface area contributed by atoms with Gasteiger partial charge in [-0.3, -0.25) is 9.59 Å². The number of methoxy groups -OCH3 is 1. The minimum atomic E-state index is -0.277. The number of rotatable bonds is 5. The molecular weight excluding hydrogens is 268 g/mol. The molecule has 1 N–H and O–H groups in total. The molecule has 1 aromatic heterocycles. The zero-order valence-corrected chi connectivity index (χ0v) is 12.1. The number of nitrogens with zero attached hydrogens (tertiary/aromatic N) is 1. The molecule has 0 spiro atoms. The monoisotopic (exact) mass is 286 g/mol. The number of hydrogen-bond acceptors (Lipinski definition) is 3. The van der Waals surface area contributed by atoms with Crippen molar-refractivity contribution in [2.75, 3.05) is 13.7 Å². The summed E-state index contributed by atoms with van der Waals surface area (Å²) in [5, 5.41) is 0. The molecule has 0 unspecified atom stereocenters. The molecule has 0 aliphatic rings. The van der Waals surface area contributed by atoms with Crippen LogP contribution in [-0.4, -0.2) is 29.4 Å². The van der Waals surface area contributed by atoms with Gasteiger partial charge in [0.15, 0.2) is 0 Å². The first-order valence-electron chi connectivity index (χ1n) is 6.75. The normalized spacial score (nSPS) is 10.2. The number of amides is 1. The summed E-state index contributed by atoms with van der Waals surface area (Å²) in [6, 6.07) is 10.5. The Kier molecular flexibility index (Phi) is 4.77. The van der Waals surface area contributed by atoms with Crippen molar-refractivity contribution in [1.82, 2.24) is 9.88 Å². The van der Waals surface area contributed by atoms with Gasteiger partial charge in [0.1, 0.15) is 5.75 Å². The fraction of sp³-hybridized carbons (Fsp3) is 0.250. The molecule has 2 aromatic rings. The van der Waals surface area contributed by atoms with Crippen LogP contribution in [0.25, 0.3) is 0 Å². The van der Waals surface area contributed by atoms with E-state index in [0.29, 0.717) is 18.7 Å². The van der Waals surface area contributed by atoms with Gasteiger partial charge in [-0.15, -0.1) is 0 Å². The molecule has 0 radical (unpaired) electrons. The smallest absolute Gasteiger partial charge is 0.254 e. The van der Waals surface area contributed by atoms with Gasteiger partial charge in [0, 0.05) is 30.9 Å². The standard InChI is InChI=1S/C16H18N2O3/c1-3-18(11-12-4-6-14(21-2)7-5-12)16(20)13-8-9-17-15(19)10-13/h4-10H,3,11H2,1-2H3,(H,17,19). The minimum absolute atomic E-state index is 0.153. The first-order chi connectivity index (χ1) is 10.1. The summed E-state index contributed by atoms with van der Waals surface area (Å²) in [6.07, 6.45) is 1.48. The molecule has 5 heteroatoms. The molecule has 1 heterocycles. The fourth-order valence-corrected chi connectivity index (χ4v) is 2.04. The maximum Gasteiger partial charge on any atom is 0.254 e. The molecular formula is C16H18N2O3. The molecule has 0 aliphatic heterocycles. The summed E-state index contributed by atoms with van der Waals surface area (Å²) in [4.78, 5) is 27.9. The number of ether oxygens (including phenoxy) is 1. The quantitative estimate of drug-likeness (QED) is 0.915. The second-order valence-electron chi connectivity index (χ2n) is 4.61. The van der Waals surface area contributed by atoms with Crippen LogP contribution in [0, 0.1) is 0 Å². The second kappa shape index (κ2) is 6.74. The third-order valence-corrected chi connectivity index (χ3v) is 3.22. The molecule has 0 bridgehead atoms. The van der Waals surface area contributed by atoms with E-state index in [1.54, 1.807) is 18.1 Å². The summed E-state index contributed by atoms with van der Waals surface area (Å²) >= 11 is 0. The van der Waals surface area contributed by atoms with Crippen molar-refractivity contribution in [1.29, 1.82) is 0 Å². The van der Waals surface area contributed by atoms with Gasteiger partial charge >= 0.3 is 0 Å². The van der Waals surface area contributed by atoms with E-state index in [9.17, 15) is 9.59 Å². The Bertz CT molecular complexity index is 662. The number of benzene rings is 1. The van der Waals surface area contributed by atoms with Gasteiger partial charge in [-0.2, -0.15) is 0 Å². The molecule has 2 rings (SSSR count). The average molecular weight is 286 g/mol. The van der Waals surface area contributed by atoms with Crippen LogP contribution in [0.5, 0.6) is 5.75 Å².